The maximum atomic E-state index is 12.4. The highest BCUT2D eigenvalue weighted by atomic mass is 19.1. The number of H-pyrrole nitrogens is 1. The van der Waals surface area contributed by atoms with Crippen molar-refractivity contribution in [2.45, 2.75) is 13.1 Å². The minimum absolute atomic E-state index is 0.183. The summed E-state index contributed by atoms with van der Waals surface area (Å²) in [5.74, 6) is -1.42. The Hall–Kier alpha value is -1.39. The summed E-state index contributed by atoms with van der Waals surface area (Å²) in [5, 5.41) is 8.36. The fourth-order valence-electron chi connectivity index (χ4n) is 0.646. The molecule has 0 spiro atoms. The number of carboxylic acids is 1. The number of halogens is 1. The first-order chi connectivity index (χ1) is 5.11. The molecule has 0 aromatic carbocycles. The van der Waals surface area contributed by atoms with Crippen molar-refractivity contribution in [1.29, 1.82) is 0 Å². The fourth-order valence-corrected chi connectivity index (χ4v) is 0.646. The average molecular weight is 158 g/mol. The van der Waals surface area contributed by atoms with E-state index < -0.39 is 12.1 Å². The Morgan fingerprint density at radius 2 is 2.55 bits per heavy atom. The van der Waals surface area contributed by atoms with E-state index in [0.717, 1.165) is 0 Å². The van der Waals surface area contributed by atoms with Gasteiger partial charge < -0.3 is 10.1 Å². The van der Waals surface area contributed by atoms with Crippen molar-refractivity contribution in [3.05, 3.63) is 17.7 Å². The average Bonchev–Trinajstić information content (AvgIpc) is 2.33. The number of alkyl halides is 1. The molecular weight excluding hydrogens is 151 g/mol. The van der Waals surface area contributed by atoms with Crippen molar-refractivity contribution in [3.63, 3.8) is 0 Å². The molecule has 60 valence electrons. The molecule has 0 amide bonds. The fraction of sp³-hybridized carbons (Fsp3) is 0.333. The van der Waals surface area contributed by atoms with Crippen LogP contribution in [-0.4, -0.2) is 21.0 Å². The van der Waals surface area contributed by atoms with E-state index in [1.807, 2.05) is 0 Å². The molecule has 0 aliphatic rings. The highest BCUT2D eigenvalue weighted by Gasteiger charge is 2.10. The molecule has 1 aromatic rings. The summed E-state index contributed by atoms with van der Waals surface area (Å²) in [5.41, 5.74) is 0.183. The Labute approximate surface area is 62.1 Å². The van der Waals surface area contributed by atoms with Gasteiger partial charge in [-0.15, -0.1) is 0 Å². The number of aromatic nitrogens is 2. The van der Waals surface area contributed by atoms with Crippen LogP contribution in [0.4, 0.5) is 4.39 Å². The molecule has 1 unspecified atom stereocenters. The monoisotopic (exact) mass is 158 g/mol. The molecule has 1 aromatic heterocycles. The van der Waals surface area contributed by atoms with Gasteiger partial charge in [-0.05, 0) is 6.92 Å². The van der Waals surface area contributed by atoms with Gasteiger partial charge in [-0.3, -0.25) is 0 Å². The first-order valence-electron chi connectivity index (χ1n) is 3.03. The van der Waals surface area contributed by atoms with Gasteiger partial charge >= 0.3 is 5.97 Å². The van der Waals surface area contributed by atoms with Crippen LogP contribution in [0, 0.1) is 0 Å². The lowest BCUT2D eigenvalue weighted by Gasteiger charge is -1.93. The number of carboxylic acid groups (broad SMARTS) is 1. The Morgan fingerprint density at radius 3 is 2.82 bits per heavy atom. The molecule has 0 radical (unpaired) electrons. The van der Waals surface area contributed by atoms with Crippen LogP contribution in [-0.2, 0) is 0 Å². The maximum Gasteiger partial charge on any atom is 0.371 e. The molecule has 0 saturated carbocycles. The van der Waals surface area contributed by atoms with Gasteiger partial charge in [0.15, 0.2) is 0 Å². The largest absolute Gasteiger partial charge is 0.475 e. The number of aromatic carboxylic acids is 1. The van der Waals surface area contributed by atoms with E-state index in [1.165, 1.54) is 13.1 Å². The molecule has 2 N–H and O–H groups in total. The van der Waals surface area contributed by atoms with Gasteiger partial charge in [0.25, 0.3) is 0 Å². The minimum atomic E-state index is -1.21. The molecule has 1 atom stereocenters. The molecule has 0 fully saturated rings. The number of rotatable bonds is 2. The maximum absolute atomic E-state index is 12.4. The van der Waals surface area contributed by atoms with Crippen LogP contribution in [0.1, 0.15) is 29.4 Å². The van der Waals surface area contributed by atoms with E-state index in [9.17, 15) is 9.18 Å². The van der Waals surface area contributed by atoms with Crippen LogP contribution in [0.15, 0.2) is 6.20 Å². The second kappa shape index (κ2) is 2.69. The van der Waals surface area contributed by atoms with Gasteiger partial charge in [0.2, 0.25) is 5.82 Å². The van der Waals surface area contributed by atoms with Gasteiger partial charge in [-0.1, -0.05) is 0 Å². The van der Waals surface area contributed by atoms with Crippen LogP contribution < -0.4 is 0 Å². The quantitative estimate of drug-likeness (QED) is 0.678. The van der Waals surface area contributed by atoms with Gasteiger partial charge in [0.1, 0.15) is 6.17 Å². The highest BCUT2D eigenvalue weighted by molar-refractivity contribution is 5.83. The zero-order valence-corrected chi connectivity index (χ0v) is 5.84. The zero-order chi connectivity index (χ0) is 8.43. The second-order valence-corrected chi connectivity index (χ2v) is 2.11. The van der Waals surface area contributed by atoms with Crippen LogP contribution >= 0.6 is 0 Å². The van der Waals surface area contributed by atoms with Crippen LogP contribution in [0.2, 0.25) is 0 Å². The van der Waals surface area contributed by atoms with Crippen molar-refractivity contribution in [3.8, 4) is 0 Å². The van der Waals surface area contributed by atoms with E-state index in [-0.39, 0.29) is 11.5 Å². The smallest absolute Gasteiger partial charge is 0.371 e. The molecule has 11 heavy (non-hydrogen) atoms. The van der Waals surface area contributed by atoms with Gasteiger partial charge in [-0.2, -0.15) is 0 Å². The molecule has 0 bridgehead atoms. The van der Waals surface area contributed by atoms with Crippen molar-refractivity contribution in [1.82, 2.24) is 9.97 Å². The predicted octanol–water partition coefficient (Wildman–Crippen LogP) is 1.14. The predicted molar refractivity (Wildman–Crippen MR) is 35.1 cm³/mol. The van der Waals surface area contributed by atoms with Crippen molar-refractivity contribution >= 4 is 5.97 Å². The number of carbonyl (C=O) groups is 1. The van der Waals surface area contributed by atoms with Gasteiger partial charge in [-0.25, -0.2) is 14.2 Å². The van der Waals surface area contributed by atoms with Crippen LogP contribution in [0.5, 0.6) is 0 Å². The molecule has 1 rings (SSSR count). The summed E-state index contributed by atoms with van der Waals surface area (Å²) in [6.07, 6.45) is -0.0377. The lowest BCUT2D eigenvalue weighted by atomic mass is 10.3. The lowest BCUT2D eigenvalue weighted by Crippen LogP contribution is -1.98. The highest BCUT2D eigenvalue weighted by Crippen LogP contribution is 2.12. The van der Waals surface area contributed by atoms with Gasteiger partial charge in [0.05, 0.1) is 11.9 Å². The Bertz CT molecular complexity index is 269. The Balaban J connectivity index is 2.90. The number of nitrogens with zero attached hydrogens (tertiary/aromatic N) is 1. The SMILES string of the molecule is CC(F)c1cnc(C(=O)O)[nH]1. The molecule has 5 heteroatoms. The topological polar surface area (TPSA) is 66.0 Å². The summed E-state index contributed by atoms with van der Waals surface area (Å²) in [7, 11) is 0. The summed E-state index contributed by atoms with van der Waals surface area (Å²) in [6.45, 7) is 1.30. The lowest BCUT2D eigenvalue weighted by molar-refractivity contribution is 0.0684. The van der Waals surface area contributed by atoms with Crippen molar-refractivity contribution in [2.75, 3.05) is 0 Å². The summed E-state index contributed by atoms with van der Waals surface area (Å²) in [4.78, 5) is 16.0. The molecule has 0 aliphatic heterocycles. The molecule has 0 saturated heterocycles. The minimum Gasteiger partial charge on any atom is -0.475 e. The first-order valence-corrected chi connectivity index (χ1v) is 3.03. The Kier molecular flexibility index (Phi) is 1.89. The summed E-state index contributed by atoms with van der Waals surface area (Å²) in [6, 6.07) is 0. The molecule has 0 aliphatic carbocycles. The third-order valence-corrected chi connectivity index (χ3v) is 1.23. The van der Waals surface area contributed by atoms with Crippen molar-refractivity contribution < 1.29 is 14.3 Å². The first kappa shape index (κ1) is 7.71. The van der Waals surface area contributed by atoms with Gasteiger partial charge in [0, 0.05) is 0 Å². The Morgan fingerprint density at radius 1 is 1.91 bits per heavy atom. The summed E-state index contributed by atoms with van der Waals surface area (Å²) < 4.78 is 12.4. The third-order valence-electron chi connectivity index (χ3n) is 1.23. The molecular formula is C6H7FN2O2. The number of hydrogen-bond donors (Lipinski definition) is 2. The third kappa shape index (κ3) is 1.54. The molecule has 1 heterocycles. The number of imidazole rings is 1. The summed E-state index contributed by atoms with van der Waals surface area (Å²) >= 11 is 0. The van der Waals surface area contributed by atoms with E-state index in [1.54, 1.807) is 0 Å². The van der Waals surface area contributed by atoms with Crippen molar-refractivity contribution in [2.24, 2.45) is 0 Å². The number of hydrogen-bond acceptors (Lipinski definition) is 2. The van der Waals surface area contributed by atoms with E-state index >= 15 is 0 Å². The van der Waals surface area contributed by atoms with Crippen LogP contribution in [0.3, 0.4) is 0 Å². The normalized spacial score (nSPS) is 12.9. The standard InChI is InChI=1S/C6H7FN2O2/c1-3(7)4-2-8-5(9-4)6(10)11/h2-3H,1H3,(H,8,9)(H,10,11). The van der Waals surface area contributed by atoms with E-state index in [0.29, 0.717) is 0 Å². The number of nitrogens with one attached hydrogen (secondary N) is 1. The molecule has 4 nitrogen and oxygen atoms in total. The zero-order valence-electron chi connectivity index (χ0n) is 5.84. The second-order valence-electron chi connectivity index (χ2n) is 2.11. The number of aromatic amines is 1. The van der Waals surface area contributed by atoms with E-state index in [2.05, 4.69) is 9.97 Å². The van der Waals surface area contributed by atoms with Crippen LogP contribution in [0.25, 0.3) is 0 Å². The van der Waals surface area contributed by atoms with E-state index in [4.69, 9.17) is 5.11 Å².